The fraction of sp³-hybridized carbons (Fsp3) is 0.727. The van der Waals surface area contributed by atoms with E-state index in [-0.39, 0.29) is 0 Å². The number of rotatable bonds is 2. The van der Waals surface area contributed by atoms with Gasteiger partial charge in [0, 0.05) is 12.0 Å². The summed E-state index contributed by atoms with van der Waals surface area (Å²) in [5.41, 5.74) is 1.05. The Morgan fingerprint density at radius 2 is 1.62 bits per heavy atom. The molecule has 0 saturated carbocycles. The van der Waals surface area contributed by atoms with Gasteiger partial charge in [-0.15, -0.1) is 0 Å². The van der Waals surface area contributed by atoms with Crippen LogP contribution in [0.4, 0.5) is 0 Å². The molecule has 1 heterocycles. The van der Waals surface area contributed by atoms with Crippen molar-refractivity contribution in [2.24, 2.45) is 0 Å². The van der Waals surface area contributed by atoms with E-state index in [0.29, 0.717) is 11.8 Å². The highest BCUT2D eigenvalue weighted by Gasteiger charge is 2.09. The first kappa shape index (κ1) is 12.2. The Balaban J connectivity index is 0.000000671. The Bertz CT molecular complexity index is 203. The van der Waals surface area contributed by atoms with Gasteiger partial charge in [-0.25, -0.2) is 0 Å². The molecule has 0 aliphatic heterocycles. The topological polar surface area (TPSA) is 26.0 Å². The second kappa shape index (κ2) is 5.79. The van der Waals surface area contributed by atoms with Gasteiger partial charge in [-0.3, -0.25) is 0 Å². The molecule has 0 spiro atoms. The Morgan fingerprint density at radius 1 is 1.08 bits per heavy atom. The van der Waals surface area contributed by atoms with E-state index in [1.165, 1.54) is 0 Å². The van der Waals surface area contributed by atoms with E-state index in [1.807, 2.05) is 19.9 Å². The van der Waals surface area contributed by atoms with Gasteiger partial charge < -0.3 is 4.52 Å². The van der Waals surface area contributed by atoms with Crippen LogP contribution in [0.5, 0.6) is 0 Å². The summed E-state index contributed by atoms with van der Waals surface area (Å²) in [7, 11) is 0. The highest BCUT2D eigenvalue weighted by Crippen LogP contribution is 2.19. The smallest absolute Gasteiger partial charge is 0.139 e. The Kier molecular flexibility index (Phi) is 5.44. The van der Waals surface area contributed by atoms with Gasteiger partial charge in [0.25, 0.3) is 0 Å². The normalized spacial score (nSPS) is 10.2. The molecule has 0 N–H and O–H groups in total. The van der Waals surface area contributed by atoms with Gasteiger partial charge in [-0.2, -0.15) is 0 Å². The molecular weight excluding hydrogens is 162 g/mol. The summed E-state index contributed by atoms with van der Waals surface area (Å²) in [5.74, 6) is 1.88. The number of hydrogen-bond donors (Lipinski definition) is 0. The molecule has 0 aliphatic rings. The van der Waals surface area contributed by atoms with Gasteiger partial charge >= 0.3 is 0 Å². The van der Waals surface area contributed by atoms with Crippen molar-refractivity contribution in [2.45, 2.75) is 53.4 Å². The molecule has 0 amide bonds. The fourth-order valence-corrected chi connectivity index (χ4v) is 0.848. The molecule has 2 heteroatoms. The largest absolute Gasteiger partial charge is 0.361 e. The van der Waals surface area contributed by atoms with Crippen molar-refractivity contribution in [1.29, 1.82) is 0 Å². The van der Waals surface area contributed by atoms with Crippen LogP contribution in [0.2, 0.25) is 0 Å². The van der Waals surface area contributed by atoms with E-state index in [4.69, 9.17) is 4.52 Å². The maximum absolute atomic E-state index is 5.14. The van der Waals surface area contributed by atoms with Gasteiger partial charge in [0.15, 0.2) is 0 Å². The lowest BCUT2D eigenvalue weighted by atomic mass is 10.1. The van der Waals surface area contributed by atoms with Crippen molar-refractivity contribution in [2.75, 3.05) is 0 Å². The molecule has 2 nitrogen and oxygen atoms in total. The van der Waals surface area contributed by atoms with Crippen molar-refractivity contribution in [3.05, 3.63) is 17.5 Å². The molecule has 0 aliphatic carbocycles. The van der Waals surface area contributed by atoms with Crippen molar-refractivity contribution in [3.63, 3.8) is 0 Å². The maximum atomic E-state index is 5.14. The third-order valence-electron chi connectivity index (χ3n) is 1.71. The standard InChI is InChI=1S/C9H15NO.C2H6/c1-6(2)8-5-9(7(3)4)11-10-8;1-2/h5-7H,1-4H3;1-2H3. The van der Waals surface area contributed by atoms with Crippen LogP contribution in [0.25, 0.3) is 0 Å². The van der Waals surface area contributed by atoms with Crippen molar-refractivity contribution in [3.8, 4) is 0 Å². The maximum Gasteiger partial charge on any atom is 0.139 e. The van der Waals surface area contributed by atoms with Gasteiger partial charge in [-0.05, 0) is 5.92 Å². The fourth-order valence-electron chi connectivity index (χ4n) is 0.848. The molecule has 1 aromatic rings. The average Bonchev–Trinajstić information content (AvgIpc) is 2.56. The lowest BCUT2D eigenvalue weighted by Crippen LogP contribution is -1.85. The first-order chi connectivity index (χ1) is 6.11. The summed E-state index contributed by atoms with van der Waals surface area (Å²) >= 11 is 0. The van der Waals surface area contributed by atoms with Gasteiger partial charge in [0.2, 0.25) is 0 Å². The molecule has 13 heavy (non-hydrogen) atoms. The van der Waals surface area contributed by atoms with Crippen LogP contribution in [0, 0.1) is 0 Å². The molecule has 0 unspecified atom stereocenters. The predicted octanol–water partition coefficient (Wildman–Crippen LogP) is 3.95. The zero-order valence-corrected chi connectivity index (χ0v) is 9.59. The van der Waals surface area contributed by atoms with Crippen LogP contribution >= 0.6 is 0 Å². The lowest BCUT2D eigenvalue weighted by molar-refractivity contribution is 0.363. The quantitative estimate of drug-likeness (QED) is 0.694. The number of nitrogens with zero attached hydrogens (tertiary/aromatic N) is 1. The van der Waals surface area contributed by atoms with Crippen molar-refractivity contribution >= 4 is 0 Å². The van der Waals surface area contributed by atoms with Crippen LogP contribution in [-0.2, 0) is 0 Å². The second-order valence-corrected chi connectivity index (χ2v) is 3.46. The predicted molar refractivity (Wildman–Crippen MR) is 56.0 cm³/mol. The van der Waals surface area contributed by atoms with E-state index in [2.05, 4.69) is 32.9 Å². The molecule has 0 fully saturated rings. The molecule has 1 aromatic heterocycles. The summed E-state index contributed by atoms with van der Waals surface area (Å²) in [6.45, 7) is 12.4. The SMILES string of the molecule is CC.CC(C)c1cc(C(C)C)on1. The average molecular weight is 183 g/mol. The van der Waals surface area contributed by atoms with Crippen LogP contribution in [0.1, 0.15) is 64.8 Å². The number of hydrogen-bond acceptors (Lipinski definition) is 2. The molecule has 0 saturated heterocycles. The lowest BCUT2D eigenvalue weighted by Gasteiger charge is -1.95. The molecular formula is C11H21NO. The Hall–Kier alpha value is -0.790. The van der Waals surface area contributed by atoms with E-state index in [1.54, 1.807) is 0 Å². The first-order valence-electron chi connectivity index (χ1n) is 5.07. The third-order valence-corrected chi connectivity index (χ3v) is 1.71. The molecule has 0 atom stereocenters. The summed E-state index contributed by atoms with van der Waals surface area (Å²) in [5, 5.41) is 3.96. The van der Waals surface area contributed by atoms with Gasteiger partial charge in [0.05, 0.1) is 5.69 Å². The molecule has 0 aromatic carbocycles. The highest BCUT2D eigenvalue weighted by molar-refractivity contribution is 5.11. The monoisotopic (exact) mass is 183 g/mol. The van der Waals surface area contributed by atoms with Gasteiger partial charge in [-0.1, -0.05) is 46.7 Å². The van der Waals surface area contributed by atoms with E-state index >= 15 is 0 Å². The summed E-state index contributed by atoms with van der Waals surface area (Å²) in [6, 6.07) is 2.04. The van der Waals surface area contributed by atoms with E-state index in [9.17, 15) is 0 Å². The second-order valence-electron chi connectivity index (χ2n) is 3.46. The van der Waals surface area contributed by atoms with E-state index < -0.39 is 0 Å². The molecule has 0 radical (unpaired) electrons. The highest BCUT2D eigenvalue weighted by atomic mass is 16.5. The third kappa shape index (κ3) is 3.62. The summed E-state index contributed by atoms with van der Waals surface area (Å²) in [6.07, 6.45) is 0. The minimum atomic E-state index is 0.440. The molecule has 1 rings (SSSR count). The minimum absolute atomic E-state index is 0.440. The summed E-state index contributed by atoms with van der Waals surface area (Å²) < 4.78 is 5.14. The van der Waals surface area contributed by atoms with Crippen LogP contribution in [0.15, 0.2) is 10.6 Å². The Labute approximate surface area is 81.3 Å². The molecule has 76 valence electrons. The van der Waals surface area contributed by atoms with Gasteiger partial charge in [0.1, 0.15) is 5.76 Å². The number of aromatic nitrogens is 1. The first-order valence-corrected chi connectivity index (χ1v) is 5.07. The zero-order valence-electron chi connectivity index (χ0n) is 9.59. The van der Waals surface area contributed by atoms with Crippen LogP contribution in [0.3, 0.4) is 0 Å². The van der Waals surface area contributed by atoms with Crippen LogP contribution < -0.4 is 0 Å². The van der Waals surface area contributed by atoms with E-state index in [0.717, 1.165) is 11.5 Å². The Morgan fingerprint density at radius 3 is 1.85 bits per heavy atom. The summed E-state index contributed by atoms with van der Waals surface area (Å²) in [4.78, 5) is 0. The minimum Gasteiger partial charge on any atom is -0.361 e. The zero-order chi connectivity index (χ0) is 10.4. The van der Waals surface area contributed by atoms with Crippen LogP contribution in [-0.4, -0.2) is 5.16 Å². The molecule has 0 bridgehead atoms. The van der Waals surface area contributed by atoms with Crippen molar-refractivity contribution in [1.82, 2.24) is 5.16 Å². The van der Waals surface area contributed by atoms with Crippen molar-refractivity contribution < 1.29 is 4.52 Å².